The Balaban J connectivity index is 2.07. The highest BCUT2D eigenvalue weighted by atomic mass is 79.9. The van der Waals surface area contributed by atoms with Crippen molar-refractivity contribution < 1.29 is 13.9 Å². The van der Waals surface area contributed by atoms with E-state index >= 15 is 0 Å². The van der Waals surface area contributed by atoms with Crippen LogP contribution in [0.5, 0.6) is 11.5 Å². The molecule has 3 nitrogen and oxygen atoms in total. The van der Waals surface area contributed by atoms with Gasteiger partial charge in [0.25, 0.3) is 0 Å². The van der Waals surface area contributed by atoms with E-state index in [9.17, 15) is 0 Å². The summed E-state index contributed by atoms with van der Waals surface area (Å²) in [5.41, 5.74) is 4.53. The molecule has 0 aliphatic carbocycles. The summed E-state index contributed by atoms with van der Waals surface area (Å²) in [4.78, 5) is 0. The third kappa shape index (κ3) is 5.52. The normalized spacial score (nSPS) is 11.6. The average molecular weight is 433 g/mol. The van der Waals surface area contributed by atoms with E-state index in [2.05, 4.69) is 55.4 Å². The number of fused-ring (bicyclic) bond motifs is 1. The van der Waals surface area contributed by atoms with E-state index < -0.39 is 0 Å². The van der Waals surface area contributed by atoms with Crippen molar-refractivity contribution >= 4 is 32.5 Å². The quantitative estimate of drug-likeness (QED) is 0.380. The molecule has 146 valence electrons. The van der Waals surface area contributed by atoms with Gasteiger partial charge < -0.3 is 13.9 Å². The molecular formula is C23H29BrO3. The zero-order chi connectivity index (χ0) is 20.0. The summed E-state index contributed by atoms with van der Waals surface area (Å²) in [5.74, 6) is 2.10. The maximum atomic E-state index is 6.04. The fourth-order valence-corrected chi connectivity index (χ4v) is 3.59. The van der Waals surface area contributed by atoms with Crippen molar-refractivity contribution in [1.82, 2.24) is 0 Å². The number of halogens is 1. The van der Waals surface area contributed by atoms with Crippen molar-refractivity contribution in [2.75, 3.05) is 14.2 Å². The summed E-state index contributed by atoms with van der Waals surface area (Å²) < 4.78 is 17.6. The molecule has 4 heteroatoms. The summed E-state index contributed by atoms with van der Waals surface area (Å²) in [7, 11) is 3.24. The number of benzene rings is 1. The van der Waals surface area contributed by atoms with Gasteiger partial charge in [-0.05, 0) is 80.1 Å². The summed E-state index contributed by atoms with van der Waals surface area (Å²) in [6, 6.07) is 3.93. The van der Waals surface area contributed by atoms with Crippen LogP contribution in [-0.2, 0) is 0 Å². The van der Waals surface area contributed by atoms with Gasteiger partial charge in [-0.15, -0.1) is 0 Å². The van der Waals surface area contributed by atoms with Crippen molar-refractivity contribution in [3.63, 3.8) is 0 Å². The highest BCUT2D eigenvalue weighted by molar-refractivity contribution is 9.10. The fourth-order valence-electron chi connectivity index (χ4n) is 2.92. The largest absolute Gasteiger partial charge is 0.493 e. The monoisotopic (exact) mass is 432 g/mol. The summed E-state index contributed by atoms with van der Waals surface area (Å²) in [6.45, 7) is 10.7. The van der Waals surface area contributed by atoms with Crippen LogP contribution in [0.4, 0.5) is 0 Å². The zero-order valence-electron chi connectivity index (χ0n) is 16.9. The smallest absolute Gasteiger partial charge is 0.178 e. The Labute approximate surface area is 170 Å². The molecule has 1 aromatic carbocycles. The molecule has 0 bridgehead atoms. The Morgan fingerprint density at radius 3 is 2.41 bits per heavy atom. The van der Waals surface area contributed by atoms with Crippen LogP contribution in [0.3, 0.4) is 0 Å². The first kappa shape index (κ1) is 21.4. The number of allylic oxidation sites excluding steroid dienone is 5. The van der Waals surface area contributed by atoms with Gasteiger partial charge in [-0.2, -0.15) is 0 Å². The number of furan rings is 1. The maximum absolute atomic E-state index is 6.04. The van der Waals surface area contributed by atoms with Crippen molar-refractivity contribution in [3.05, 3.63) is 52.2 Å². The number of methoxy groups -OCH3 is 2. The standard InChI is InChI=1S/C23H29BrO3/c1-15(2)9-7-10-16(3)11-8-12-17(4)19-13-18-14-20(25-5)23(26-6)21(24)22(18)27-19/h9,11,13-14H,4,7-8,10,12H2,1-3,5-6H3/b16-11+. The molecule has 0 aliphatic heterocycles. The van der Waals surface area contributed by atoms with Gasteiger partial charge in [0.15, 0.2) is 17.1 Å². The van der Waals surface area contributed by atoms with Crippen LogP contribution in [0.15, 0.2) is 50.9 Å². The zero-order valence-corrected chi connectivity index (χ0v) is 18.5. The van der Waals surface area contributed by atoms with E-state index in [1.54, 1.807) is 14.2 Å². The third-order valence-electron chi connectivity index (χ3n) is 4.47. The first-order chi connectivity index (χ1) is 12.9. The lowest BCUT2D eigenvalue weighted by Gasteiger charge is -2.09. The molecule has 0 aliphatic rings. The van der Waals surface area contributed by atoms with Crippen LogP contribution in [0.25, 0.3) is 16.5 Å². The predicted octanol–water partition coefficient (Wildman–Crippen LogP) is 7.70. The van der Waals surface area contributed by atoms with E-state index in [1.165, 1.54) is 11.1 Å². The number of hydrogen-bond donors (Lipinski definition) is 0. The van der Waals surface area contributed by atoms with Crippen molar-refractivity contribution in [1.29, 1.82) is 0 Å². The van der Waals surface area contributed by atoms with Gasteiger partial charge in [0.05, 0.1) is 14.2 Å². The van der Waals surface area contributed by atoms with Gasteiger partial charge in [-0.3, -0.25) is 0 Å². The van der Waals surface area contributed by atoms with Gasteiger partial charge in [0.1, 0.15) is 10.2 Å². The highest BCUT2D eigenvalue weighted by Crippen LogP contribution is 2.43. The second-order valence-corrected chi connectivity index (χ2v) is 7.76. The molecule has 0 N–H and O–H groups in total. The fraction of sp³-hybridized carbons (Fsp3) is 0.391. The van der Waals surface area contributed by atoms with Crippen molar-refractivity contribution in [2.45, 2.75) is 46.5 Å². The van der Waals surface area contributed by atoms with Gasteiger partial charge >= 0.3 is 0 Å². The van der Waals surface area contributed by atoms with Crippen LogP contribution in [-0.4, -0.2) is 14.2 Å². The van der Waals surface area contributed by atoms with Gasteiger partial charge in [-0.25, -0.2) is 0 Å². The first-order valence-electron chi connectivity index (χ1n) is 9.18. The van der Waals surface area contributed by atoms with Crippen LogP contribution >= 0.6 is 15.9 Å². The van der Waals surface area contributed by atoms with Crippen molar-refractivity contribution in [2.24, 2.45) is 0 Å². The molecule has 0 atom stereocenters. The second kappa shape index (κ2) is 9.84. The van der Waals surface area contributed by atoms with Crippen molar-refractivity contribution in [3.8, 4) is 11.5 Å². The Morgan fingerprint density at radius 2 is 1.78 bits per heavy atom. The number of hydrogen-bond acceptors (Lipinski definition) is 3. The Bertz CT molecular complexity index is 867. The molecule has 1 heterocycles. The van der Waals surface area contributed by atoms with Crippen LogP contribution in [0.2, 0.25) is 0 Å². The predicted molar refractivity (Wildman–Crippen MR) is 118 cm³/mol. The minimum Gasteiger partial charge on any atom is -0.493 e. The second-order valence-electron chi connectivity index (χ2n) is 6.97. The van der Waals surface area contributed by atoms with E-state index in [4.69, 9.17) is 13.9 Å². The lowest BCUT2D eigenvalue weighted by Crippen LogP contribution is -1.91. The van der Waals surface area contributed by atoms with Crippen LogP contribution in [0.1, 0.15) is 52.2 Å². The molecule has 27 heavy (non-hydrogen) atoms. The van der Waals surface area contributed by atoms with Gasteiger partial charge in [0.2, 0.25) is 0 Å². The third-order valence-corrected chi connectivity index (χ3v) is 5.19. The van der Waals surface area contributed by atoms with Gasteiger partial charge in [0, 0.05) is 5.39 Å². The maximum Gasteiger partial charge on any atom is 0.178 e. The number of rotatable bonds is 9. The van der Waals surface area contributed by atoms with E-state index in [0.717, 1.165) is 52.5 Å². The summed E-state index contributed by atoms with van der Waals surface area (Å²) in [6.07, 6.45) is 8.62. The van der Waals surface area contributed by atoms with Crippen LogP contribution in [0, 0.1) is 0 Å². The molecule has 1 aromatic heterocycles. The lowest BCUT2D eigenvalue weighted by molar-refractivity contribution is 0.353. The Hall–Kier alpha value is -1.94. The van der Waals surface area contributed by atoms with Crippen LogP contribution < -0.4 is 9.47 Å². The van der Waals surface area contributed by atoms with Gasteiger partial charge in [-0.1, -0.05) is 29.9 Å². The molecule has 0 amide bonds. The molecule has 2 aromatic rings. The summed E-state index contributed by atoms with van der Waals surface area (Å²) in [5, 5.41) is 0.962. The highest BCUT2D eigenvalue weighted by Gasteiger charge is 2.17. The average Bonchev–Trinajstić information content (AvgIpc) is 3.05. The molecule has 0 spiro atoms. The molecule has 0 saturated heterocycles. The Kier molecular flexibility index (Phi) is 7.78. The topological polar surface area (TPSA) is 31.6 Å². The molecule has 2 rings (SSSR count). The van der Waals surface area contributed by atoms with E-state index in [1.807, 2.05) is 12.1 Å². The molecule has 0 fully saturated rings. The minimum atomic E-state index is 0.631. The SMILES string of the molecule is C=C(CC/C=C(\C)CCC=C(C)C)c1cc2cc(OC)c(OC)c(Br)c2o1. The number of ether oxygens (including phenoxy) is 2. The first-order valence-corrected chi connectivity index (χ1v) is 9.97. The molecular weight excluding hydrogens is 404 g/mol. The Morgan fingerprint density at radius 1 is 1.07 bits per heavy atom. The lowest BCUT2D eigenvalue weighted by atomic mass is 10.1. The van der Waals surface area contributed by atoms with E-state index in [0.29, 0.717) is 11.5 Å². The molecule has 0 saturated carbocycles. The molecule has 0 unspecified atom stereocenters. The summed E-state index contributed by atoms with van der Waals surface area (Å²) >= 11 is 3.56. The molecule has 0 radical (unpaired) electrons. The van der Waals surface area contributed by atoms with E-state index in [-0.39, 0.29) is 0 Å². The minimum absolute atomic E-state index is 0.631.